The van der Waals surface area contributed by atoms with Crippen molar-refractivity contribution in [2.45, 2.75) is 6.92 Å². The molecule has 42 heavy (non-hydrogen) atoms. The molecule has 0 radical (unpaired) electrons. The average Bonchev–Trinajstić information content (AvgIpc) is 3.36. The third-order valence-corrected chi connectivity index (χ3v) is 7.67. The van der Waals surface area contributed by atoms with Crippen LogP contribution < -0.4 is 0 Å². The van der Waals surface area contributed by atoms with Gasteiger partial charge in [0.25, 0.3) is 5.91 Å². The summed E-state index contributed by atoms with van der Waals surface area (Å²) in [6.07, 6.45) is 0.512. The fourth-order valence-electron chi connectivity index (χ4n) is 5.62. The van der Waals surface area contributed by atoms with Gasteiger partial charge in [-0.15, -0.1) is 0 Å². The SMILES string of the molecule is Cc1cccc(-n2c3cc(-c4ccccc4C#N)ccc3c3ccc(-c4ccccc4C#N)cc32)c1C(=O)N(C)C=O. The minimum atomic E-state index is -0.412. The van der Waals surface area contributed by atoms with E-state index >= 15 is 0 Å². The summed E-state index contributed by atoms with van der Waals surface area (Å²) in [6.45, 7) is 1.85. The van der Waals surface area contributed by atoms with Crippen LogP contribution in [0, 0.1) is 29.6 Å². The summed E-state index contributed by atoms with van der Waals surface area (Å²) in [5, 5.41) is 21.5. The lowest BCUT2D eigenvalue weighted by Gasteiger charge is -2.18. The number of hydrogen-bond donors (Lipinski definition) is 0. The van der Waals surface area contributed by atoms with Crippen LogP contribution in [0.1, 0.15) is 27.0 Å². The highest BCUT2D eigenvalue weighted by Gasteiger charge is 2.23. The van der Waals surface area contributed by atoms with E-state index in [0.717, 1.165) is 54.5 Å². The van der Waals surface area contributed by atoms with Crippen molar-refractivity contribution in [3.63, 3.8) is 0 Å². The van der Waals surface area contributed by atoms with Gasteiger partial charge in [-0.05, 0) is 65.1 Å². The first kappa shape index (κ1) is 26.3. The Bertz CT molecular complexity index is 2030. The molecular weight excluding hydrogens is 520 g/mol. The minimum absolute atomic E-state index is 0.412. The van der Waals surface area contributed by atoms with Gasteiger partial charge in [-0.1, -0.05) is 72.8 Å². The predicted molar refractivity (Wildman–Crippen MR) is 164 cm³/mol. The molecule has 6 heteroatoms. The molecule has 0 saturated heterocycles. The van der Waals surface area contributed by atoms with Crippen molar-refractivity contribution in [3.8, 4) is 40.1 Å². The van der Waals surface area contributed by atoms with Gasteiger partial charge in [-0.2, -0.15) is 10.5 Å². The molecule has 6 aromatic rings. The normalized spacial score (nSPS) is 10.8. The molecule has 0 N–H and O–H groups in total. The van der Waals surface area contributed by atoms with Crippen LogP contribution >= 0.6 is 0 Å². The Morgan fingerprint density at radius 3 is 1.76 bits per heavy atom. The monoisotopic (exact) mass is 544 g/mol. The van der Waals surface area contributed by atoms with Gasteiger partial charge in [0.15, 0.2) is 0 Å². The third-order valence-electron chi connectivity index (χ3n) is 7.67. The molecule has 2 amide bonds. The number of aryl methyl sites for hydroxylation is 1. The molecule has 0 aliphatic heterocycles. The fourth-order valence-corrected chi connectivity index (χ4v) is 5.62. The minimum Gasteiger partial charge on any atom is -0.308 e. The van der Waals surface area contributed by atoms with Crippen molar-refractivity contribution in [2.75, 3.05) is 7.05 Å². The second-order valence-corrected chi connectivity index (χ2v) is 10.1. The topological polar surface area (TPSA) is 89.9 Å². The standard InChI is InChI=1S/C36H24N4O2/c1-23-8-7-13-32(35(23)36(42)39(2)22-41)40-33-18-24(28-11-5-3-9-26(28)20-37)14-16-30(33)31-17-15-25(19-34(31)40)29-12-6-4-10-27(29)21-38/h3-19,22H,1-2H3. The number of nitrogens with zero attached hydrogens (tertiary/aromatic N) is 4. The summed E-state index contributed by atoms with van der Waals surface area (Å²) in [5.74, 6) is -0.412. The second kappa shape index (κ2) is 10.5. The van der Waals surface area contributed by atoms with Gasteiger partial charge in [0, 0.05) is 17.8 Å². The van der Waals surface area contributed by atoms with E-state index in [2.05, 4.69) is 12.1 Å². The van der Waals surface area contributed by atoms with Gasteiger partial charge in [0.2, 0.25) is 6.41 Å². The highest BCUT2D eigenvalue weighted by atomic mass is 16.2. The maximum atomic E-state index is 13.5. The summed E-state index contributed by atoms with van der Waals surface area (Å²) in [6, 6.07) is 37.3. The molecule has 6 rings (SSSR count). The quantitative estimate of drug-likeness (QED) is 0.212. The van der Waals surface area contributed by atoms with Crippen LogP contribution in [0.3, 0.4) is 0 Å². The van der Waals surface area contributed by atoms with Crippen molar-refractivity contribution in [1.82, 2.24) is 9.47 Å². The van der Waals surface area contributed by atoms with Gasteiger partial charge in [0.05, 0.1) is 45.5 Å². The third kappa shape index (κ3) is 4.20. The summed E-state index contributed by atoms with van der Waals surface area (Å²) in [4.78, 5) is 26.2. The summed E-state index contributed by atoms with van der Waals surface area (Å²) < 4.78 is 2.04. The Kier molecular flexibility index (Phi) is 6.59. The Hall–Kier alpha value is -5.98. The highest BCUT2D eigenvalue weighted by Crippen LogP contribution is 2.39. The van der Waals surface area contributed by atoms with Crippen molar-refractivity contribution in [3.05, 3.63) is 125 Å². The molecule has 0 spiro atoms. The zero-order chi connectivity index (χ0) is 29.4. The van der Waals surface area contributed by atoms with Crippen LogP contribution in [-0.4, -0.2) is 28.8 Å². The number of fused-ring (bicyclic) bond motifs is 3. The second-order valence-electron chi connectivity index (χ2n) is 10.1. The number of amides is 2. The maximum Gasteiger partial charge on any atom is 0.262 e. The van der Waals surface area contributed by atoms with Crippen molar-refractivity contribution < 1.29 is 9.59 Å². The first-order chi connectivity index (χ1) is 20.5. The van der Waals surface area contributed by atoms with Crippen molar-refractivity contribution in [2.24, 2.45) is 0 Å². The molecule has 0 bridgehead atoms. The number of aromatic nitrogens is 1. The predicted octanol–water partition coefficient (Wildman–Crippen LogP) is 7.40. The Labute approximate surface area is 242 Å². The van der Waals surface area contributed by atoms with E-state index in [1.165, 1.54) is 7.05 Å². The van der Waals surface area contributed by atoms with E-state index < -0.39 is 5.91 Å². The van der Waals surface area contributed by atoms with Crippen LogP contribution in [0.2, 0.25) is 0 Å². The van der Waals surface area contributed by atoms with Gasteiger partial charge in [0.1, 0.15) is 0 Å². The van der Waals surface area contributed by atoms with Gasteiger partial charge >= 0.3 is 0 Å². The highest BCUT2D eigenvalue weighted by molar-refractivity contribution is 6.13. The van der Waals surface area contributed by atoms with E-state index in [1.54, 1.807) is 12.1 Å². The molecule has 0 fully saturated rings. The number of carbonyl (C=O) groups is 2. The van der Waals surface area contributed by atoms with Crippen molar-refractivity contribution in [1.29, 1.82) is 10.5 Å². The molecule has 5 aromatic carbocycles. The molecule has 0 aliphatic carbocycles. The van der Waals surface area contributed by atoms with E-state index in [4.69, 9.17) is 0 Å². The molecular formula is C36H24N4O2. The number of rotatable bonds is 5. The number of nitriles is 2. The number of imide groups is 1. The molecule has 0 atom stereocenters. The Balaban J connectivity index is 1.74. The molecule has 0 unspecified atom stereocenters. The van der Waals surface area contributed by atoms with Crippen LogP contribution in [0.25, 0.3) is 49.7 Å². The van der Waals surface area contributed by atoms with Crippen LogP contribution in [-0.2, 0) is 4.79 Å². The maximum absolute atomic E-state index is 13.5. The summed E-state index contributed by atoms with van der Waals surface area (Å²) >= 11 is 0. The number of carbonyl (C=O) groups excluding carboxylic acids is 2. The van der Waals surface area contributed by atoms with Crippen molar-refractivity contribution >= 4 is 34.1 Å². The number of benzene rings is 5. The van der Waals surface area contributed by atoms with Gasteiger partial charge in [-0.3, -0.25) is 14.5 Å². The first-order valence-corrected chi connectivity index (χ1v) is 13.4. The number of hydrogen-bond acceptors (Lipinski definition) is 4. The van der Waals surface area contributed by atoms with E-state index in [1.807, 2.05) is 102 Å². The lowest BCUT2D eigenvalue weighted by atomic mass is 9.98. The molecule has 200 valence electrons. The molecule has 0 aliphatic rings. The van der Waals surface area contributed by atoms with Gasteiger partial charge in [-0.25, -0.2) is 0 Å². The lowest BCUT2D eigenvalue weighted by Crippen LogP contribution is -2.27. The first-order valence-electron chi connectivity index (χ1n) is 13.4. The van der Waals surface area contributed by atoms with Gasteiger partial charge < -0.3 is 4.57 Å². The lowest BCUT2D eigenvalue weighted by molar-refractivity contribution is -0.115. The zero-order valence-corrected chi connectivity index (χ0v) is 23.0. The smallest absolute Gasteiger partial charge is 0.262 e. The summed E-state index contributed by atoms with van der Waals surface area (Å²) in [7, 11) is 1.45. The Morgan fingerprint density at radius 1 is 0.738 bits per heavy atom. The molecule has 6 nitrogen and oxygen atoms in total. The average molecular weight is 545 g/mol. The van der Waals surface area contributed by atoms with Crippen LogP contribution in [0.4, 0.5) is 0 Å². The van der Waals surface area contributed by atoms with E-state index in [-0.39, 0.29) is 0 Å². The molecule has 1 heterocycles. The van der Waals surface area contributed by atoms with Crippen LogP contribution in [0.15, 0.2) is 103 Å². The van der Waals surface area contributed by atoms with E-state index in [9.17, 15) is 20.1 Å². The fraction of sp³-hybridized carbons (Fsp3) is 0.0556. The molecule has 0 saturated carbocycles. The summed E-state index contributed by atoms with van der Waals surface area (Å²) in [5.41, 5.74) is 7.94. The zero-order valence-electron chi connectivity index (χ0n) is 23.0. The van der Waals surface area contributed by atoms with E-state index in [0.29, 0.717) is 28.8 Å². The van der Waals surface area contributed by atoms with Crippen LogP contribution in [0.5, 0.6) is 0 Å². The Morgan fingerprint density at radius 2 is 1.26 bits per heavy atom. The molecule has 1 aromatic heterocycles. The largest absolute Gasteiger partial charge is 0.308 e.